The van der Waals surface area contributed by atoms with Crippen molar-refractivity contribution in [1.82, 2.24) is 0 Å². The van der Waals surface area contributed by atoms with Gasteiger partial charge in [-0.1, -0.05) is 0 Å². The molecule has 1 aliphatic rings. The molecule has 0 aliphatic carbocycles. The van der Waals surface area contributed by atoms with E-state index in [1.54, 1.807) is 0 Å². The molecule has 102 valence electrons. The van der Waals surface area contributed by atoms with E-state index in [1.807, 2.05) is 0 Å². The molecule has 1 fully saturated rings. The van der Waals surface area contributed by atoms with E-state index in [2.05, 4.69) is 0 Å². The molecule has 0 saturated carbocycles. The maximum absolute atomic E-state index is 13.5. The highest BCUT2D eigenvalue weighted by atomic mass is 35.5. The molecule has 1 aromatic carbocycles. The minimum Gasteiger partial charge on any atom is -0.381 e. The predicted octanol–water partition coefficient (Wildman–Crippen LogP) is 2.95. The molecule has 1 atom stereocenters. The van der Waals surface area contributed by atoms with Crippen LogP contribution in [0, 0.1) is 23.4 Å². The lowest BCUT2D eigenvalue weighted by Crippen LogP contribution is -2.28. The Hall–Kier alpha value is -0.780. The third-order valence-electron chi connectivity index (χ3n) is 3.17. The normalized spacial score (nSPS) is 18.2. The molecule has 1 heterocycles. The number of ether oxygens (including phenoxy) is 1. The van der Waals surface area contributed by atoms with Crippen LogP contribution in [-0.2, 0) is 4.74 Å². The SMILES string of the molecule is Cl.N[C@@H](c1cc(F)c(F)cc1F)C1CCOCC1. The third-order valence-corrected chi connectivity index (χ3v) is 3.17. The monoisotopic (exact) mass is 281 g/mol. The van der Waals surface area contributed by atoms with Crippen molar-refractivity contribution >= 4 is 12.4 Å². The van der Waals surface area contributed by atoms with Gasteiger partial charge < -0.3 is 10.5 Å². The average Bonchev–Trinajstić information content (AvgIpc) is 2.34. The van der Waals surface area contributed by atoms with Crippen LogP contribution in [0.4, 0.5) is 13.2 Å². The zero-order valence-electron chi connectivity index (χ0n) is 9.67. The first-order valence-electron chi connectivity index (χ1n) is 5.57. The van der Waals surface area contributed by atoms with Crippen LogP contribution in [0.1, 0.15) is 24.4 Å². The van der Waals surface area contributed by atoms with Crippen LogP contribution in [-0.4, -0.2) is 13.2 Å². The summed E-state index contributed by atoms with van der Waals surface area (Å²) in [4.78, 5) is 0. The van der Waals surface area contributed by atoms with Gasteiger partial charge in [0.05, 0.1) is 0 Å². The minimum atomic E-state index is -1.19. The Labute approximate surface area is 110 Å². The van der Waals surface area contributed by atoms with E-state index < -0.39 is 23.5 Å². The van der Waals surface area contributed by atoms with Crippen LogP contribution >= 0.6 is 12.4 Å². The number of hydrogen-bond donors (Lipinski definition) is 1. The van der Waals surface area contributed by atoms with Crippen LogP contribution in [0.3, 0.4) is 0 Å². The average molecular weight is 282 g/mol. The lowest BCUT2D eigenvalue weighted by molar-refractivity contribution is 0.0579. The van der Waals surface area contributed by atoms with Gasteiger partial charge in [-0.05, 0) is 24.8 Å². The predicted molar refractivity (Wildman–Crippen MR) is 64.0 cm³/mol. The molecule has 0 unspecified atom stereocenters. The second-order valence-electron chi connectivity index (χ2n) is 4.26. The number of halogens is 4. The Balaban J connectivity index is 0.00000162. The molecule has 1 saturated heterocycles. The van der Waals surface area contributed by atoms with Crippen molar-refractivity contribution in [3.8, 4) is 0 Å². The smallest absolute Gasteiger partial charge is 0.161 e. The van der Waals surface area contributed by atoms with Crippen LogP contribution in [0.15, 0.2) is 12.1 Å². The van der Waals surface area contributed by atoms with E-state index >= 15 is 0 Å². The Morgan fingerprint density at radius 3 is 2.22 bits per heavy atom. The molecular weight excluding hydrogens is 267 g/mol. The second-order valence-corrected chi connectivity index (χ2v) is 4.26. The largest absolute Gasteiger partial charge is 0.381 e. The van der Waals surface area contributed by atoms with Gasteiger partial charge in [0.1, 0.15) is 5.82 Å². The van der Waals surface area contributed by atoms with Crippen molar-refractivity contribution in [3.63, 3.8) is 0 Å². The van der Waals surface area contributed by atoms with E-state index in [4.69, 9.17) is 10.5 Å². The number of nitrogens with two attached hydrogens (primary N) is 1. The quantitative estimate of drug-likeness (QED) is 0.846. The molecule has 0 amide bonds. The van der Waals surface area contributed by atoms with Gasteiger partial charge in [-0.15, -0.1) is 12.4 Å². The fourth-order valence-corrected chi connectivity index (χ4v) is 2.12. The lowest BCUT2D eigenvalue weighted by Gasteiger charge is -2.28. The standard InChI is InChI=1S/C12H14F3NO.ClH/c13-9-6-11(15)10(14)5-8(9)12(16)7-1-3-17-4-2-7;/h5-7,12H,1-4,16H2;1H/t12-;/m1./s1. The Morgan fingerprint density at radius 2 is 1.61 bits per heavy atom. The number of hydrogen-bond acceptors (Lipinski definition) is 2. The van der Waals surface area contributed by atoms with Crippen LogP contribution in [0.5, 0.6) is 0 Å². The van der Waals surface area contributed by atoms with Crippen LogP contribution in [0.25, 0.3) is 0 Å². The fraction of sp³-hybridized carbons (Fsp3) is 0.500. The molecule has 18 heavy (non-hydrogen) atoms. The van der Waals surface area contributed by atoms with Crippen molar-refractivity contribution in [2.45, 2.75) is 18.9 Å². The Bertz CT molecular complexity index is 411. The van der Waals surface area contributed by atoms with Crippen LogP contribution in [0.2, 0.25) is 0 Å². The summed E-state index contributed by atoms with van der Waals surface area (Å²) in [5.41, 5.74) is 5.94. The first kappa shape index (κ1) is 15.3. The summed E-state index contributed by atoms with van der Waals surface area (Å²) < 4.78 is 44.5. The highest BCUT2D eigenvalue weighted by Gasteiger charge is 2.25. The summed E-state index contributed by atoms with van der Waals surface area (Å²) in [5, 5.41) is 0. The van der Waals surface area contributed by atoms with Gasteiger partial charge in [-0.3, -0.25) is 0 Å². The third kappa shape index (κ3) is 3.16. The van der Waals surface area contributed by atoms with Gasteiger partial charge in [0.25, 0.3) is 0 Å². The zero-order chi connectivity index (χ0) is 12.4. The summed E-state index contributed by atoms with van der Waals surface area (Å²) in [5.74, 6) is -3.00. The summed E-state index contributed by atoms with van der Waals surface area (Å²) in [7, 11) is 0. The summed E-state index contributed by atoms with van der Waals surface area (Å²) in [6, 6.07) is 0.781. The lowest BCUT2D eigenvalue weighted by atomic mass is 9.87. The maximum atomic E-state index is 13.5. The van der Waals surface area contributed by atoms with E-state index in [0.29, 0.717) is 32.1 Å². The fourth-order valence-electron chi connectivity index (χ4n) is 2.12. The van der Waals surface area contributed by atoms with Gasteiger partial charge in [-0.2, -0.15) is 0 Å². The number of rotatable bonds is 2. The van der Waals surface area contributed by atoms with Gasteiger partial charge in [-0.25, -0.2) is 13.2 Å². The van der Waals surface area contributed by atoms with Gasteiger partial charge in [0, 0.05) is 30.9 Å². The maximum Gasteiger partial charge on any atom is 0.161 e. The molecule has 0 spiro atoms. The van der Waals surface area contributed by atoms with Crippen molar-refractivity contribution < 1.29 is 17.9 Å². The van der Waals surface area contributed by atoms with E-state index in [0.717, 1.165) is 6.07 Å². The molecule has 2 N–H and O–H groups in total. The minimum absolute atomic E-state index is 0. The molecular formula is C12H15ClF3NO. The van der Waals surface area contributed by atoms with Crippen molar-refractivity contribution in [2.75, 3.05) is 13.2 Å². The summed E-state index contributed by atoms with van der Waals surface area (Å²) >= 11 is 0. The molecule has 2 rings (SSSR count). The van der Waals surface area contributed by atoms with Crippen LogP contribution < -0.4 is 5.73 Å². The zero-order valence-corrected chi connectivity index (χ0v) is 10.5. The molecule has 0 aromatic heterocycles. The summed E-state index contributed by atoms with van der Waals surface area (Å²) in [6.07, 6.45) is 1.42. The van der Waals surface area contributed by atoms with Crippen molar-refractivity contribution in [2.24, 2.45) is 11.7 Å². The summed E-state index contributed by atoms with van der Waals surface area (Å²) in [6.45, 7) is 1.15. The van der Waals surface area contributed by atoms with E-state index in [9.17, 15) is 13.2 Å². The van der Waals surface area contributed by atoms with Gasteiger partial charge in [0.15, 0.2) is 11.6 Å². The van der Waals surface area contributed by atoms with E-state index in [-0.39, 0.29) is 23.9 Å². The molecule has 2 nitrogen and oxygen atoms in total. The molecule has 1 aromatic rings. The van der Waals surface area contributed by atoms with Crippen molar-refractivity contribution in [3.05, 3.63) is 35.1 Å². The highest BCUT2D eigenvalue weighted by molar-refractivity contribution is 5.85. The Morgan fingerprint density at radius 1 is 1.06 bits per heavy atom. The molecule has 6 heteroatoms. The first-order valence-corrected chi connectivity index (χ1v) is 5.57. The highest BCUT2D eigenvalue weighted by Crippen LogP contribution is 2.30. The van der Waals surface area contributed by atoms with Gasteiger partial charge >= 0.3 is 0 Å². The van der Waals surface area contributed by atoms with E-state index in [1.165, 1.54) is 0 Å². The Kier molecular flexibility index (Phi) is 5.44. The number of benzene rings is 1. The van der Waals surface area contributed by atoms with Gasteiger partial charge in [0.2, 0.25) is 0 Å². The molecule has 0 bridgehead atoms. The topological polar surface area (TPSA) is 35.2 Å². The molecule has 0 radical (unpaired) electrons. The molecule has 1 aliphatic heterocycles. The van der Waals surface area contributed by atoms with Crippen molar-refractivity contribution in [1.29, 1.82) is 0 Å². The second kappa shape index (κ2) is 6.41. The first-order chi connectivity index (χ1) is 8.09.